The van der Waals surface area contributed by atoms with Crippen LogP contribution in [0.25, 0.3) is 0 Å². The molecule has 0 amide bonds. The third kappa shape index (κ3) is 2.61. The van der Waals surface area contributed by atoms with Gasteiger partial charge in [0.1, 0.15) is 0 Å². The summed E-state index contributed by atoms with van der Waals surface area (Å²) in [5.41, 5.74) is 1.02. The van der Waals surface area contributed by atoms with Gasteiger partial charge < -0.3 is 9.64 Å². The van der Waals surface area contributed by atoms with E-state index in [9.17, 15) is 10.1 Å². The van der Waals surface area contributed by atoms with Crippen LogP contribution >= 0.6 is 0 Å². The molecule has 5 nitrogen and oxygen atoms in total. The van der Waals surface area contributed by atoms with Gasteiger partial charge in [-0.15, -0.1) is 0 Å². The summed E-state index contributed by atoms with van der Waals surface area (Å²) in [6.07, 6.45) is 0.955. The summed E-state index contributed by atoms with van der Waals surface area (Å²) in [7, 11) is 0. The Labute approximate surface area is 107 Å². The molecule has 5 heteroatoms. The molecule has 1 saturated heterocycles. The third-order valence-corrected chi connectivity index (χ3v) is 3.51. The van der Waals surface area contributed by atoms with E-state index in [0.717, 1.165) is 25.2 Å². The van der Waals surface area contributed by atoms with Gasteiger partial charge in [-0.3, -0.25) is 10.1 Å². The smallest absolute Gasteiger partial charge is 0.269 e. The average Bonchev–Trinajstić information content (AvgIpc) is 2.39. The molecule has 1 fully saturated rings. The summed E-state index contributed by atoms with van der Waals surface area (Å²) < 4.78 is 5.78. The molecule has 1 aromatic carbocycles. The van der Waals surface area contributed by atoms with Crippen molar-refractivity contribution in [1.29, 1.82) is 0 Å². The summed E-state index contributed by atoms with van der Waals surface area (Å²) in [6.45, 7) is 6.56. The highest BCUT2D eigenvalue weighted by Crippen LogP contribution is 2.26. The second-order valence-electron chi connectivity index (χ2n) is 4.85. The monoisotopic (exact) mass is 250 g/mol. The molecule has 0 spiro atoms. The average molecular weight is 250 g/mol. The highest BCUT2D eigenvalue weighted by molar-refractivity contribution is 5.51. The fraction of sp³-hybridized carbons (Fsp3) is 0.538. The van der Waals surface area contributed by atoms with Crippen molar-refractivity contribution in [2.24, 2.45) is 0 Å². The Balaban J connectivity index is 2.14. The third-order valence-electron chi connectivity index (χ3n) is 3.51. The minimum atomic E-state index is -0.376. The van der Waals surface area contributed by atoms with E-state index in [2.05, 4.69) is 18.7 Å². The number of ether oxygens (including phenoxy) is 1. The van der Waals surface area contributed by atoms with Crippen LogP contribution in [0.4, 0.5) is 11.4 Å². The van der Waals surface area contributed by atoms with Crippen LogP contribution in [0.5, 0.6) is 0 Å². The van der Waals surface area contributed by atoms with Gasteiger partial charge in [-0.05, 0) is 25.5 Å². The van der Waals surface area contributed by atoms with E-state index >= 15 is 0 Å². The number of hydrogen-bond donors (Lipinski definition) is 0. The summed E-state index contributed by atoms with van der Waals surface area (Å²) in [5.74, 6) is 0. The maximum absolute atomic E-state index is 10.6. The predicted molar refractivity (Wildman–Crippen MR) is 70.0 cm³/mol. The fourth-order valence-electron chi connectivity index (χ4n) is 2.15. The number of non-ortho nitro benzene ring substituents is 1. The van der Waals surface area contributed by atoms with Crippen molar-refractivity contribution < 1.29 is 9.66 Å². The Kier molecular flexibility index (Phi) is 3.52. The van der Waals surface area contributed by atoms with E-state index in [1.165, 1.54) is 0 Å². The highest BCUT2D eigenvalue weighted by atomic mass is 16.6. The van der Waals surface area contributed by atoms with Gasteiger partial charge in [0, 0.05) is 30.9 Å². The van der Waals surface area contributed by atoms with Gasteiger partial charge in [-0.1, -0.05) is 6.92 Å². The number of hydrogen-bond acceptors (Lipinski definition) is 4. The molecule has 0 aromatic heterocycles. The van der Waals surface area contributed by atoms with E-state index in [1.807, 2.05) is 0 Å². The molecular weight excluding hydrogens is 232 g/mol. The van der Waals surface area contributed by atoms with Crippen LogP contribution in [-0.4, -0.2) is 30.2 Å². The topological polar surface area (TPSA) is 55.6 Å². The minimum Gasteiger partial charge on any atom is -0.372 e. The molecule has 0 saturated carbocycles. The van der Waals surface area contributed by atoms with Gasteiger partial charge in [-0.25, -0.2) is 0 Å². The molecule has 1 aromatic rings. The number of benzene rings is 1. The van der Waals surface area contributed by atoms with Crippen molar-refractivity contribution in [3.05, 3.63) is 34.4 Å². The van der Waals surface area contributed by atoms with Crippen molar-refractivity contribution >= 4 is 11.4 Å². The molecule has 18 heavy (non-hydrogen) atoms. The van der Waals surface area contributed by atoms with Gasteiger partial charge >= 0.3 is 0 Å². The summed E-state index contributed by atoms with van der Waals surface area (Å²) in [5, 5.41) is 10.6. The lowest BCUT2D eigenvalue weighted by atomic mass is 10.0. The number of rotatable bonds is 3. The second-order valence-corrected chi connectivity index (χ2v) is 4.85. The molecule has 98 valence electrons. The Bertz CT molecular complexity index is 432. The van der Waals surface area contributed by atoms with Crippen LogP contribution in [0.1, 0.15) is 20.3 Å². The molecule has 1 unspecified atom stereocenters. The Hall–Kier alpha value is -1.62. The SMILES string of the molecule is CCC1(C)CN(c2ccc([N+](=O)[O-])cc2)CCO1. The van der Waals surface area contributed by atoms with Crippen molar-refractivity contribution in [2.75, 3.05) is 24.6 Å². The Morgan fingerprint density at radius 3 is 2.67 bits per heavy atom. The Morgan fingerprint density at radius 1 is 1.44 bits per heavy atom. The second kappa shape index (κ2) is 4.94. The molecular formula is C13H18N2O3. The number of morpholine rings is 1. The van der Waals surface area contributed by atoms with Gasteiger partial charge in [-0.2, -0.15) is 0 Å². The number of anilines is 1. The number of nitrogens with zero attached hydrogens (tertiary/aromatic N) is 2. The van der Waals surface area contributed by atoms with Gasteiger partial charge in [0.15, 0.2) is 0 Å². The molecule has 0 radical (unpaired) electrons. The first-order chi connectivity index (χ1) is 8.54. The Morgan fingerprint density at radius 2 is 2.11 bits per heavy atom. The van der Waals surface area contributed by atoms with Crippen LogP contribution in [0, 0.1) is 10.1 Å². The standard InChI is InChI=1S/C13H18N2O3/c1-3-13(2)10-14(8-9-18-13)11-4-6-12(7-5-11)15(16)17/h4-7H,3,8-10H2,1-2H3. The van der Waals surface area contributed by atoms with Gasteiger partial charge in [0.05, 0.1) is 17.1 Å². The van der Waals surface area contributed by atoms with Crippen molar-refractivity contribution in [2.45, 2.75) is 25.9 Å². The first-order valence-corrected chi connectivity index (χ1v) is 6.17. The van der Waals surface area contributed by atoms with Gasteiger partial charge in [0.2, 0.25) is 0 Å². The van der Waals surface area contributed by atoms with Crippen LogP contribution in [0.15, 0.2) is 24.3 Å². The first kappa shape index (κ1) is 12.8. The predicted octanol–water partition coefficient (Wildman–Crippen LogP) is 2.60. The molecule has 1 aliphatic heterocycles. The minimum absolute atomic E-state index is 0.125. The largest absolute Gasteiger partial charge is 0.372 e. The normalized spacial score (nSPS) is 24.0. The molecule has 0 aliphatic carbocycles. The zero-order valence-electron chi connectivity index (χ0n) is 10.8. The van der Waals surface area contributed by atoms with Crippen LogP contribution in [-0.2, 0) is 4.74 Å². The summed E-state index contributed by atoms with van der Waals surface area (Å²) in [6, 6.07) is 6.71. The van der Waals surface area contributed by atoms with Crippen molar-refractivity contribution in [3.63, 3.8) is 0 Å². The lowest BCUT2D eigenvalue weighted by molar-refractivity contribution is -0.384. The maximum atomic E-state index is 10.6. The fourth-order valence-corrected chi connectivity index (χ4v) is 2.15. The maximum Gasteiger partial charge on any atom is 0.269 e. The molecule has 1 aliphatic rings. The summed E-state index contributed by atoms with van der Waals surface area (Å²) in [4.78, 5) is 12.5. The van der Waals surface area contributed by atoms with Crippen molar-refractivity contribution in [1.82, 2.24) is 0 Å². The molecule has 1 atom stereocenters. The lowest BCUT2D eigenvalue weighted by Gasteiger charge is -2.41. The van der Waals surface area contributed by atoms with E-state index in [4.69, 9.17) is 4.74 Å². The van der Waals surface area contributed by atoms with Crippen LogP contribution in [0.3, 0.4) is 0 Å². The van der Waals surface area contributed by atoms with E-state index in [-0.39, 0.29) is 16.2 Å². The van der Waals surface area contributed by atoms with Crippen molar-refractivity contribution in [3.8, 4) is 0 Å². The van der Waals surface area contributed by atoms with Gasteiger partial charge in [0.25, 0.3) is 5.69 Å². The van der Waals surface area contributed by atoms with E-state index in [1.54, 1.807) is 24.3 Å². The molecule has 2 rings (SSSR count). The van der Waals surface area contributed by atoms with Crippen LogP contribution < -0.4 is 4.90 Å². The van der Waals surface area contributed by atoms with E-state index < -0.39 is 0 Å². The molecule has 0 N–H and O–H groups in total. The first-order valence-electron chi connectivity index (χ1n) is 6.17. The van der Waals surface area contributed by atoms with Crippen LogP contribution in [0.2, 0.25) is 0 Å². The quantitative estimate of drug-likeness (QED) is 0.611. The van der Waals surface area contributed by atoms with E-state index in [0.29, 0.717) is 6.61 Å². The zero-order chi connectivity index (χ0) is 13.2. The summed E-state index contributed by atoms with van der Waals surface area (Å²) >= 11 is 0. The number of nitro benzene ring substituents is 1. The molecule has 0 bridgehead atoms. The molecule has 1 heterocycles. The highest BCUT2D eigenvalue weighted by Gasteiger charge is 2.30. The zero-order valence-corrected chi connectivity index (χ0v) is 10.8. The number of nitro groups is 1. The lowest BCUT2D eigenvalue weighted by Crippen LogP contribution is -2.49.